The third-order valence-electron chi connectivity index (χ3n) is 5.05. The molecule has 0 heterocycles. The summed E-state index contributed by atoms with van der Waals surface area (Å²) in [6.45, 7) is -0.258. The number of carbonyl (C=O) groups excluding carboxylic acids is 4. The standard InChI is InChI=1S/C22H34N6O7/c23-9-5-4-8-15(26-19(31)14(24)12-29)20(32)27-16(10-13-6-2-1-3-7-13)21(33)28-17(22(34)35)11-18(25)30/h1-3,6-7,14-17,29H,4-5,8-12,23-24H2,(H2,25,30)(H,26,31)(H,27,32)(H,28,33)(H,34,35). The lowest BCUT2D eigenvalue weighted by Gasteiger charge is -2.25. The Balaban J connectivity index is 3.10. The van der Waals surface area contributed by atoms with E-state index in [2.05, 4.69) is 16.0 Å². The smallest absolute Gasteiger partial charge is 0.326 e. The molecule has 13 nitrogen and oxygen atoms in total. The number of aliphatic hydroxyl groups is 1. The Kier molecular flexibility index (Phi) is 12.9. The van der Waals surface area contributed by atoms with Gasteiger partial charge in [-0.3, -0.25) is 19.2 Å². The normalized spacial score (nSPS) is 14.1. The first-order valence-electron chi connectivity index (χ1n) is 11.1. The number of nitrogens with one attached hydrogen (secondary N) is 3. The topological polar surface area (TPSA) is 240 Å². The minimum atomic E-state index is -1.59. The van der Waals surface area contributed by atoms with Gasteiger partial charge in [0, 0.05) is 6.42 Å². The van der Waals surface area contributed by atoms with Crippen molar-refractivity contribution in [1.82, 2.24) is 16.0 Å². The Morgan fingerprint density at radius 2 is 1.43 bits per heavy atom. The fourth-order valence-corrected chi connectivity index (χ4v) is 3.13. The molecular weight excluding hydrogens is 460 g/mol. The zero-order valence-electron chi connectivity index (χ0n) is 19.3. The van der Waals surface area contributed by atoms with Crippen LogP contribution in [0.3, 0.4) is 0 Å². The lowest BCUT2D eigenvalue weighted by atomic mass is 10.0. The second kappa shape index (κ2) is 15.4. The van der Waals surface area contributed by atoms with E-state index < -0.39 is 66.8 Å². The second-order valence-corrected chi connectivity index (χ2v) is 7.96. The van der Waals surface area contributed by atoms with E-state index in [-0.39, 0.29) is 12.8 Å². The van der Waals surface area contributed by atoms with E-state index >= 15 is 0 Å². The summed E-state index contributed by atoms with van der Waals surface area (Å²) in [5, 5.41) is 25.6. The Hall–Kier alpha value is -3.55. The van der Waals surface area contributed by atoms with Crippen LogP contribution in [0.2, 0.25) is 0 Å². The lowest BCUT2D eigenvalue weighted by Crippen LogP contribution is -2.58. The van der Waals surface area contributed by atoms with Crippen LogP contribution in [0.15, 0.2) is 30.3 Å². The third kappa shape index (κ3) is 10.9. The largest absolute Gasteiger partial charge is 0.480 e. The van der Waals surface area contributed by atoms with Gasteiger partial charge in [0.05, 0.1) is 13.0 Å². The van der Waals surface area contributed by atoms with Crippen molar-refractivity contribution in [2.24, 2.45) is 17.2 Å². The van der Waals surface area contributed by atoms with E-state index in [1.165, 1.54) is 0 Å². The first-order valence-corrected chi connectivity index (χ1v) is 11.1. The Labute approximate surface area is 202 Å². The van der Waals surface area contributed by atoms with Crippen molar-refractivity contribution in [2.75, 3.05) is 13.2 Å². The van der Waals surface area contributed by atoms with Gasteiger partial charge < -0.3 is 43.4 Å². The summed E-state index contributed by atoms with van der Waals surface area (Å²) in [5.41, 5.74) is 16.8. The van der Waals surface area contributed by atoms with Gasteiger partial charge in [-0.25, -0.2) is 4.79 Å². The van der Waals surface area contributed by atoms with Gasteiger partial charge in [-0.05, 0) is 31.4 Å². The van der Waals surface area contributed by atoms with E-state index in [0.717, 1.165) is 0 Å². The molecule has 0 saturated heterocycles. The summed E-state index contributed by atoms with van der Waals surface area (Å²) in [4.78, 5) is 60.8. The number of aliphatic carboxylic acids is 1. The van der Waals surface area contributed by atoms with E-state index in [9.17, 15) is 29.1 Å². The fraction of sp³-hybridized carbons (Fsp3) is 0.500. The van der Waals surface area contributed by atoms with Crippen LogP contribution in [0.4, 0.5) is 0 Å². The quantitative estimate of drug-likeness (QED) is 0.110. The molecule has 0 aromatic heterocycles. The average Bonchev–Trinajstić information content (AvgIpc) is 2.82. The highest BCUT2D eigenvalue weighted by Gasteiger charge is 2.30. The number of hydrogen-bond donors (Lipinski definition) is 8. The molecule has 35 heavy (non-hydrogen) atoms. The molecule has 11 N–H and O–H groups in total. The van der Waals surface area contributed by atoms with Crippen molar-refractivity contribution in [2.45, 2.75) is 56.3 Å². The number of benzene rings is 1. The molecule has 0 bridgehead atoms. The predicted molar refractivity (Wildman–Crippen MR) is 125 cm³/mol. The van der Waals surface area contributed by atoms with Crippen molar-refractivity contribution in [3.8, 4) is 0 Å². The van der Waals surface area contributed by atoms with Crippen LogP contribution >= 0.6 is 0 Å². The lowest BCUT2D eigenvalue weighted by molar-refractivity contribution is -0.143. The summed E-state index contributed by atoms with van der Waals surface area (Å²) in [6, 6.07) is 3.50. The van der Waals surface area contributed by atoms with Crippen molar-refractivity contribution in [1.29, 1.82) is 0 Å². The van der Waals surface area contributed by atoms with Gasteiger partial charge >= 0.3 is 5.97 Å². The predicted octanol–water partition coefficient (Wildman–Crippen LogP) is -2.91. The molecule has 194 valence electrons. The number of carboxylic acid groups (broad SMARTS) is 1. The van der Waals surface area contributed by atoms with Gasteiger partial charge in [0.2, 0.25) is 23.6 Å². The summed E-state index contributed by atoms with van der Waals surface area (Å²) in [6.07, 6.45) is 0.613. The molecule has 4 atom stereocenters. The first kappa shape index (κ1) is 29.5. The number of rotatable bonds is 16. The molecule has 1 aromatic rings. The van der Waals surface area contributed by atoms with Crippen molar-refractivity contribution < 1.29 is 34.2 Å². The highest BCUT2D eigenvalue weighted by atomic mass is 16.4. The molecule has 1 rings (SSSR count). The summed E-state index contributed by atoms with van der Waals surface area (Å²) in [7, 11) is 0. The molecule has 0 saturated carbocycles. The van der Waals surface area contributed by atoms with Crippen molar-refractivity contribution in [3.05, 3.63) is 35.9 Å². The van der Waals surface area contributed by atoms with Gasteiger partial charge in [0.15, 0.2) is 0 Å². The van der Waals surface area contributed by atoms with Gasteiger partial charge in [0.25, 0.3) is 0 Å². The molecular formula is C22H34N6O7. The minimum absolute atomic E-state index is 0.000937. The minimum Gasteiger partial charge on any atom is -0.480 e. The van der Waals surface area contributed by atoms with Crippen LogP contribution in [0.1, 0.15) is 31.2 Å². The Morgan fingerprint density at radius 3 is 1.97 bits per heavy atom. The van der Waals surface area contributed by atoms with Gasteiger partial charge in [0.1, 0.15) is 24.2 Å². The van der Waals surface area contributed by atoms with Gasteiger partial charge in [-0.2, -0.15) is 0 Å². The molecule has 0 aliphatic rings. The zero-order chi connectivity index (χ0) is 26.4. The van der Waals surface area contributed by atoms with E-state index in [1.807, 2.05) is 0 Å². The number of amides is 4. The Morgan fingerprint density at radius 1 is 0.857 bits per heavy atom. The number of hydrogen-bond acceptors (Lipinski definition) is 8. The molecule has 0 aliphatic carbocycles. The van der Waals surface area contributed by atoms with E-state index in [4.69, 9.17) is 22.3 Å². The van der Waals surface area contributed by atoms with Crippen molar-refractivity contribution in [3.63, 3.8) is 0 Å². The van der Waals surface area contributed by atoms with Crippen LogP contribution in [0.25, 0.3) is 0 Å². The average molecular weight is 495 g/mol. The summed E-state index contributed by atoms with van der Waals surface area (Å²) < 4.78 is 0. The maximum atomic E-state index is 13.1. The number of carboxylic acids is 1. The number of primary amides is 1. The molecule has 4 amide bonds. The number of nitrogens with two attached hydrogens (primary N) is 3. The zero-order valence-corrected chi connectivity index (χ0v) is 19.3. The molecule has 1 aromatic carbocycles. The van der Waals surface area contributed by atoms with Crippen LogP contribution in [0, 0.1) is 0 Å². The van der Waals surface area contributed by atoms with Crippen LogP contribution in [-0.2, 0) is 30.4 Å². The second-order valence-electron chi connectivity index (χ2n) is 7.96. The molecule has 13 heteroatoms. The summed E-state index contributed by atoms with van der Waals surface area (Å²) in [5.74, 6) is -4.71. The number of unbranched alkanes of at least 4 members (excludes halogenated alkanes) is 1. The van der Waals surface area contributed by atoms with Gasteiger partial charge in [-0.1, -0.05) is 30.3 Å². The van der Waals surface area contributed by atoms with Gasteiger partial charge in [-0.15, -0.1) is 0 Å². The first-order chi connectivity index (χ1) is 16.6. The van der Waals surface area contributed by atoms with E-state index in [1.54, 1.807) is 30.3 Å². The van der Waals surface area contributed by atoms with Crippen molar-refractivity contribution >= 4 is 29.6 Å². The highest BCUT2D eigenvalue weighted by molar-refractivity contribution is 5.95. The molecule has 0 aliphatic heterocycles. The summed E-state index contributed by atoms with van der Waals surface area (Å²) >= 11 is 0. The maximum absolute atomic E-state index is 13.1. The van der Waals surface area contributed by atoms with Crippen LogP contribution in [0.5, 0.6) is 0 Å². The van der Waals surface area contributed by atoms with Crippen LogP contribution < -0.4 is 33.2 Å². The monoisotopic (exact) mass is 494 g/mol. The molecule has 0 spiro atoms. The SMILES string of the molecule is NCCCCC(NC(=O)C(N)CO)C(=O)NC(Cc1ccccc1)C(=O)NC(CC(N)=O)C(=O)O. The maximum Gasteiger partial charge on any atom is 0.326 e. The number of aliphatic hydroxyl groups excluding tert-OH is 1. The molecule has 4 unspecified atom stereocenters. The van der Waals surface area contributed by atoms with E-state index in [0.29, 0.717) is 24.9 Å². The van der Waals surface area contributed by atoms with Crippen LogP contribution in [-0.4, -0.2) is 77.1 Å². The molecule has 0 radical (unpaired) electrons. The molecule has 0 fully saturated rings. The highest BCUT2D eigenvalue weighted by Crippen LogP contribution is 2.07. The number of carbonyl (C=O) groups is 5. The Bertz CT molecular complexity index is 867. The fourth-order valence-electron chi connectivity index (χ4n) is 3.13. The third-order valence-corrected chi connectivity index (χ3v) is 5.05.